The Morgan fingerprint density at radius 3 is 1.00 bits per heavy atom. The lowest BCUT2D eigenvalue weighted by Gasteiger charge is -2.18. The van der Waals surface area contributed by atoms with Crippen molar-refractivity contribution in [1.82, 2.24) is 0 Å². The van der Waals surface area contributed by atoms with Gasteiger partial charge in [-0.05, 0) is 0 Å². The summed E-state index contributed by atoms with van der Waals surface area (Å²) in [5.41, 5.74) is -4.17. The highest BCUT2D eigenvalue weighted by molar-refractivity contribution is 6.21. The average molecular weight is 288 g/mol. The molecule has 0 saturated heterocycles. The van der Waals surface area contributed by atoms with Crippen molar-refractivity contribution in [3.63, 3.8) is 0 Å². The maximum absolute atomic E-state index is 12.0. The second-order valence-electron chi connectivity index (χ2n) is 4.30. The van der Waals surface area contributed by atoms with Gasteiger partial charge in [-0.3, -0.25) is 19.2 Å². The van der Waals surface area contributed by atoms with E-state index in [9.17, 15) is 19.2 Å². The molecule has 0 amide bonds. The van der Waals surface area contributed by atoms with Gasteiger partial charge < -0.3 is 18.9 Å². The van der Waals surface area contributed by atoms with Crippen molar-refractivity contribution >= 4 is 23.9 Å². The summed E-state index contributed by atoms with van der Waals surface area (Å²) in [6.45, 7) is 1.38. The smallest absolute Gasteiger partial charge is 0.325 e. The van der Waals surface area contributed by atoms with Crippen LogP contribution in [0.5, 0.6) is 0 Å². The van der Waals surface area contributed by atoms with Gasteiger partial charge in [0.2, 0.25) is 0 Å². The summed E-state index contributed by atoms with van der Waals surface area (Å²) in [6, 6.07) is 0. The number of rotatable bonds is 4. The Bertz CT molecular complexity index is 392. The molecule has 0 aromatic rings. The Hall–Kier alpha value is -2.12. The van der Waals surface area contributed by atoms with E-state index in [1.165, 1.54) is 6.92 Å². The van der Waals surface area contributed by atoms with Gasteiger partial charge in [-0.25, -0.2) is 0 Å². The monoisotopic (exact) mass is 288 g/mol. The summed E-state index contributed by atoms with van der Waals surface area (Å²) in [5.74, 6) is -5.20. The number of carbonyl (C=O) groups is 4. The molecular weight excluding hydrogens is 272 g/mol. The minimum atomic E-state index is -2.09. The number of ether oxygens (including phenoxy) is 4. The van der Waals surface area contributed by atoms with Crippen molar-refractivity contribution in [2.24, 2.45) is 16.7 Å². The van der Waals surface area contributed by atoms with Gasteiger partial charge in [-0.2, -0.15) is 0 Å². The van der Waals surface area contributed by atoms with E-state index in [-0.39, 0.29) is 0 Å². The van der Waals surface area contributed by atoms with Crippen LogP contribution < -0.4 is 0 Å². The molecule has 0 radical (unpaired) electrons. The molecule has 0 aliphatic heterocycles. The molecule has 1 rings (SSSR count). The first-order chi connectivity index (χ1) is 9.33. The molecule has 0 heterocycles. The number of hydrogen-bond acceptors (Lipinski definition) is 8. The van der Waals surface area contributed by atoms with Crippen LogP contribution in [0, 0.1) is 16.7 Å². The van der Waals surface area contributed by atoms with E-state index in [1.54, 1.807) is 0 Å². The summed E-state index contributed by atoms with van der Waals surface area (Å²) < 4.78 is 18.2. The van der Waals surface area contributed by atoms with Gasteiger partial charge in [0.05, 0.1) is 28.4 Å². The predicted molar refractivity (Wildman–Crippen MR) is 62.1 cm³/mol. The van der Waals surface area contributed by atoms with Crippen LogP contribution in [-0.2, 0) is 38.1 Å². The van der Waals surface area contributed by atoms with Gasteiger partial charge in [0.1, 0.15) is 0 Å². The van der Waals surface area contributed by atoms with Crippen molar-refractivity contribution in [3.05, 3.63) is 0 Å². The van der Waals surface area contributed by atoms with Gasteiger partial charge in [-0.15, -0.1) is 0 Å². The zero-order chi connectivity index (χ0) is 15.7. The van der Waals surface area contributed by atoms with Crippen molar-refractivity contribution in [1.29, 1.82) is 0 Å². The molecule has 20 heavy (non-hydrogen) atoms. The topological polar surface area (TPSA) is 105 Å². The van der Waals surface area contributed by atoms with Crippen LogP contribution in [-0.4, -0.2) is 52.3 Å². The second-order valence-corrected chi connectivity index (χ2v) is 4.30. The molecule has 0 N–H and O–H groups in total. The molecule has 0 aromatic heterocycles. The first-order valence-electron chi connectivity index (χ1n) is 5.67. The Morgan fingerprint density at radius 2 is 0.850 bits per heavy atom. The van der Waals surface area contributed by atoms with Crippen molar-refractivity contribution in [2.75, 3.05) is 28.4 Å². The third-order valence-electron chi connectivity index (χ3n) is 3.87. The first kappa shape index (κ1) is 15.9. The zero-order valence-corrected chi connectivity index (χ0v) is 11.8. The molecule has 0 bridgehead atoms. The molecule has 1 aliphatic rings. The maximum atomic E-state index is 12.0. The van der Waals surface area contributed by atoms with Crippen LogP contribution >= 0.6 is 0 Å². The molecule has 0 atom stereocenters. The Kier molecular flexibility index (Phi) is 4.07. The van der Waals surface area contributed by atoms with Crippen LogP contribution in [0.2, 0.25) is 0 Å². The number of methoxy groups -OCH3 is 4. The molecule has 1 aliphatic carbocycles. The van der Waals surface area contributed by atoms with Gasteiger partial charge in [-0.1, -0.05) is 6.92 Å². The van der Waals surface area contributed by atoms with Crippen molar-refractivity contribution in [3.8, 4) is 0 Å². The molecular formula is C12H16O8. The normalized spacial score (nSPS) is 18.6. The van der Waals surface area contributed by atoms with Crippen LogP contribution in [0.15, 0.2) is 0 Å². The number of carbonyl (C=O) groups excluding carboxylic acids is 4. The molecule has 1 fully saturated rings. The molecule has 112 valence electrons. The molecule has 0 spiro atoms. The fraction of sp³-hybridized carbons (Fsp3) is 0.667. The summed E-state index contributed by atoms with van der Waals surface area (Å²) in [5, 5.41) is 0. The predicted octanol–water partition coefficient (Wildman–Crippen LogP) is -0.699. The highest BCUT2D eigenvalue weighted by atomic mass is 16.6. The Balaban J connectivity index is 3.54. The Labute approximate surface area is 115 Å². The maximum Gasteiger partial charge on any atom is 0.325 e. The summed E-state index contributed by atoms with van der Waals surface area (Å²) in [6.07, 6.45) is 0. The minimum absolute atomic E-state index is 1.00. The lowest BCUT2D eigenvalue weighted by Crippen LogP contribution is -2.42. The largest absolute Gasteiger partial charge is 0.468 e. The fourth-order valence-corrected chi connectivity index (χ4v) is 2.82. The van der Waals surface area contributed by atoms with E-state index in [1.807, 2.05) is 0 Å². The summed E-state index contributed by atoms with van der Waals surface area (Å²) in [4.78, 5) is 48.1. The van der Waals surface area contributed by atoms with Crippen molar-refractivity contribution < 1.29 is 38.1 Å². The van der Waals surface area contributed by atoms with Crippen LogP contribution in [0.4, 0.5) is 0 Å². The standard InChI is InChI=1S/C12H16O8/c1-6-11(7(13)17-2,8(14)18-3)12(6,9(15)19-4)10(16)20-5/h6H,1-5H3. The molecule has 0 unspecified atom stereocenters. The van der Waals surface area contributed by atoms with E-state index in [2.05, 4.69) is 18.9 Å². The van der Waals surface area contributed by atoms with Gasteiger partial charge in [0.15, 0.2) is 10.8 Å². The van der Waals surface area contributed by atoms with E-state index < -0.39 is 40.6 Å². The van der Waals surface area contributed by atoms with E-state index in [0.29, 0.717) is 0 Å². The molecule has 1 saturated carbocycles. The third-order valence-corrected chi connectivity index (χ3v) is 3.87. The quantitative estimate of drug-likeness (QED) is 0.380. The third kappa shape index (κ3) is 1.47. The second kappa shape index (κ2) is 5.10. The zero-order valence-electron chi connectivity index (χ0n) is 11.8. The van der Waals surface area contributed by atoms with E-state index in [4.69, 9.17) is 0 Å². The molecule has 8 heteroatoms. The molecule has 0 aromatic carbocycles. The van der Waals surface area contributed by atoms with E-state index >= 15 is 0 Å². The lowest BCUT2D eigenvalue weighted by atomic mass is 9.92. The summed E-state index contributed by atoms with van der Waals surface area (Å²) >= 11 is 0. The van der Waals surface area contributed by atoms with Gasteiger partial charge >= 0.3 is 23.9 Å². The SMILES string of the molecule is COC(=O)C1(C(=O)OC)C(C)C1(C(=O)OC)C(=O)OC. The number of esters is 4. The minimum Gasteiger partial charge on any atom is -0.468 e. The highest BCUT2D eigenvalue weighted by Crippen LogP contribution is 2.71. The average Bonchev–Trinajstić information content (AvgIpc) is 3.05. The van der Waals surface area contributed by atoms with Gasteiger partial charge in [0.25, 0.3) is 0 Å². The Morgan fingerprint density at radius 1 is 0.650 bits per heavy atom. The van der Waals surface area contributed by atoms with Crippen LogP contribution in [0.3, 0.4) is 0 Å². The first-order valence-corrected chi connectivity index (χ1v) is 5.67. The highest BCUT2D eigenvalue weighted by Gasteiger charge is 2.93. The molecule has 8 nitrogen and oxygen atoms in total. The van der Waals surface area contributed by atoms with Crippen LogP contribution in [0.25, 0.3) is 0 Å². The number of hydrogen-bond donors (Lipinski definition) is 0. The van der Waals surface area contributed by atoms with Gasteiger partial charge in [0, 0.05) is 5.92 Å². The van der Waals surface area contributed by atoms with Crippen LogP contribution in [0.1, 0.15) is 6.92 Å². The lowest BCUT2D eigenvalue weighted by molar-refractivity contribution is -0.176. The summed E-state index contributed by atoms with van der Waals surface area (Å²) in [7, 11) is 4.16. The fourth-order valence-electron chi connectivity index (χ4n) is 2.82. The van der Waals surface area contributed by atoms with Crippen molar-refractivity contribution in [2.45, 2.75) is 6.92 Å². The van der Waals surface area contributed by atoms with E-state index in [0.717, 1.165) is 28.4 Å².